The highest BCUT2D eigenvalue weighted by atomic mass is 79.9. The van der Waals surface area contributed by atoms with Gasteiger partial charge in [0, 0.05) is 11.4 Å². The Hall–Kier alpha value is -0.830. The number of benzene rings is 1. The molecule has 1 fully saturated rings. The van der Waals surface area contributed by atoms with Gasteiger partial charge in [-0.3, -0.25) is 4.79 Å². The van der Waals surface area contributed by atoms with Crippen molar-refractivity contribution in [3.8, 4) is 0 Å². The van der Waals surface area contributed by atoms with Crippen molar-refractivity contribution in [1.29, 1.82) is 0 Å². The van der Waals surface area contributed by atoms with Crippen LogP contribution in [-0.2, 0) is 4.79 Å². The van der Waals surface area contributed by atoms with E-state index in [-0.39, 0.29) is 11.8 Å². The van der Waals surface area contributed by atoms with Crippen molar-refractivity contribution >= 4 is 21.8 Å². The van der Waals surface area contributed by atoms with Crippen molar-refractivity contribution in [2.45, 2.75) is 36.9 Å². The number of halogens is 1. The predicted molar refractivity (Wildman–Crippen MR) is 77.9 cm³/mol. The zero-order chi connectivity index (χ0) is 13.0. The maximum absolute atomic E-state index is 12.2. The van der Waals surface area contributed by atoms with Gasteiger partial charge in [-0.15, -0.1) is 0 Å². The molecule has 1 aromatic rings. The molecule has 1 aromatic carbocycles. The van der Waals surface area contributed by atoms with Crippen molar-refractivity contribution in [3.63, 3.8) is 0 Å². The third-order valence-corrected chi connectivity index (χ3v) is 4.60. The molecule has 1 amide bonds. The number of carbonyl (C=O) groups excluding carboxylic acids is 1. The minimum absolute atomic E-state index is 0.0231. The Morgan fingerprint density at radius 2 is 2.06 bits per heavy atom. The Labute approximate surface area is 117 Å². The summed E-state index contributed by atoms with van der Waals surface area (Å²) in [4.78, 5) is 12.6. The van der Waals surface area contributed by atoms with Crippen LogP contribution in [0.1, 0.15) is 37.7 Å². The van der Waals surface area contributed by atoms with E-state index in [1.54, 1.807) is 0 Å². The molecule has 0 heterocycles. The number of hydrogen-bond donors (Lipinski definition) is 1. The second-order valence-electron chi connectivity index (χ2n) is 4.97. The first-order chi connectivity index (χ1) is 8.72. The minimum atomic E-state index is -0.0231. The lowest BCUT2D eigenvalue weighted by atomic mass is 9.95. The normalized spacial score (nSPS) is 18.1. The van der Waals surface area contributed by atoms with Gasteiger partial charge >= 0.3 is 0 Å². The molecule has 0 aliphatic heterocycles. The summed E-state index contributed by atoms with van der Waals surface area (Å²) < 4.78 is 0. The fourth-order valence-electron chi connectivity index (χ4n) is 2.20. The van der Waals surface area contributed by atoms with Crippen LogP contribution in [0.15, 0.2) is 30.3 Å². The molecule has 98 valence electrons. The van der Waals surface area contributed by atoms with Gasteiger partial charge in [0.15, 0.2) is 0 Å². The summed E-state index contributed by atoms with van der Waals surface area (Å²) in [5.74, 6) is 0.890. The quantitative estimate of drug-likeness (QED) is 0.801. The molecular formula is C15H20BrNO. The van der Waals surface area contributed by atoms with Crippen LogP contribution in [0.5, 0.6) is 0 Å². The van der Waals surface area contributed by atoms with E-state index >= 15 is 0 Å². The zero-order valence-electron chi connectivity index (χ0n) is 10.7. The van der Waals surface area contributed by atoms with Gasteiger partial charge in [0.05, 0.1) is 5.92 Å². The fraction of sp³-hybridized carbons (Fsp3) is 0.533. The second-order valence-corrected chi connectivity index (χ2v) is 6.15. The standard InChI is InChI=1S/C15H20BrNO/c1-2-13(11-6-4-3-5-7-11)15(18)17-10-14(16)12-8-9-12/h3-7,12-14H,2,8-10H2,1H3,(H,17,18). The molecule has 0 aromatic heterocycles. The maximum atomic E-state index is 12.2. The van der Waals surface area contributed by atoms with Crippen LogP contribution in [-0.4, -0.2) is 17.3 Å². The van der Waals surface area contributed by atoms with Gasteiger partial charge < -0.3 is 5.32 Å². The highest BCUT2D eigenvalue weighted by Gasteiger charge is 2.30. The molecule has 0 saturated heterocycles. The molecule has 3 heteroatoms. The lowest BCUT2D eigenvalue weighted by molar-refractivity contribution is -0.122. The largest absolute Gasteiger partial charge is 0.354 e. The highest BCUT2D eigenvalue weighted by molar-refractivity contribution is 9.09. The van der Waals surface area contributed by atoms with Gasteiger partial charge in [-0.2, -0.15) is 0 Å². The molecule has 0 bridgehead atoms. The van der Waals surface area contributed by atoms with Crippen LogP contribution in [0.25, 0.3) is 0 Å². The molecule has 2 rings (SSSR count). The number of nitrogens with one attached hydrogen (secondary N) is 1. The van der Waals surface area contributed by atoms with Gasteiger partial charge in [0.25, 0.3) is 0 Å². The lowest BCUT2D eigenvalue weighted by Gasteiger charge is -2.17. The Balaban J connectivity index is 1.89. The third-order valence-electron chi connectivity index (χ3n) is 3.53. The van der Waals surface area contributed by atoms with Crippen LogP contribution in [0.2, 0.25) is 0 Å². The smallest absolute Gasteiger partial charge is 0.227 e. The summed E-state index contributed by atoms with van der Waals surface area (Å²) in [6.07, 6.45) is 3.43. The van der Waals surface area contributed by atoms with E-state index in [9.17, 15) is 4.79 Å². The third kappa shape index (κ3) is 3.58. The van der Waals surface area contributed by atoms with E-state index in [0.29, 0.717) is 4.83 Å². The Kier molecular flexibility index (Phi) is 4.81. The lowest BCUT2D eigenvalue weighted by Crippen LogP contribution is -2.34. The molecule has 2 atom stereocenters. The van der Waals surface area contributed by atoms with Crippen molar-refractivity contribution in [3.05, 3.63) is 35.9 Å². The number of amides is 1. The van der Waals surface area contributed by atoms with Crippen LogP contribution in [0, 0.1) is 5.92 Å². The summed E-state index contributed by atoms with van der Waals surface area (Å²) in [5, 5.41) is 3.07. The number of hydrogen-bond acceptors (Lipinski definition) is 1. The molecule has 0 radical (unpaired) electrons. The monoisotopic (exact) mass is 309 g/mol. The van der Waals surface area contributed by atoms with E-state index in [0.717, 1.165) is 24.4 Å². The van der Waals surface area contributed by atoms with Crippen LogP contribution >= 0.6 is 15.9 Å². The van der Waals surface area contributed by atoms with Gasteiger partial charge in [-0.05, 0) is 30.7 Å². The molecular weight excluding hydrogens is 290 g/mol. The van der Waals surface area contributed by atoms with Gasteiger partial charge in [0.2, 0.25) is 5.91 Å². The minimum Gasteiger partial charge on any atom is -0.354 e. The van der Waals surface area contributed by atoms with Crippen LogP contribution in [0.4, 0.5) is 0 Å². The van der Waals surface area contributed by atoms with Gasteiger partial charge in [0.1, 0.15) is 0 Å². The number of carbonyl (C=O) groups is 1. The zero-order valence-corrected chi connectivity index (χ0v) is 12.3. The van der Waals surface area contributed by atoms with E-state index in [1.807, 2.05) is 30.3 Å². The van der Waals surface area contributed by atoms with Gasteiger partial charge in [-0.25, -0.2) is 0 Å². The molecule has 2 unspecified atom stereocenters. The molecule has 18 heavy (non-hydrogen) atoms. The SMILES string of the molecule is CCC(C(=O)NCC(Br)C1CC1)c1ccccc1. The summed E-state index contributed by atoms with van der Waals surface area (Å²) in [7, 11) is 0. The van der Waals surface area contributed by atoms with E-state index < -0.39 is 0 Å². The van der Waals surface area contributed by atoms with Gasteiger partial charge in [-0.1, -0.05) is 53.2 Å². The van der Waals surface area contributed by atoms with E-state index in [1.165, 1.54) is 12.8 Å². The molecule has 0 spiro atoms. The highest BCUT2D eigenvalue weighted by Crippen LogP contribution is 2.36. The summed E-state index contributed by atoms with van der Waals surface area (Å²) in [5.41, 5.74) is 1.11. The molecule has 2 nitrogen and oxygen atoms in total. The van der Waals surface area contributed by atoms with Crippen molar-refractivity contribution < 1.29 is 4.79 Å². The molecule has 1 aliphatic carbocycles. The first kappa shape index (κ1) is 13.6. The fourth-order valence-corrected chi connectivity index (χ4v) is 2.89. The number of rotatable bonds is 6. The van der Waals surface area contributed by atoms with Crippen molar-refractivity contribution in [2.75, 3.05) is 6.54 Å². The van der Waals surface area contributed by atoms with E-state index in [2.05, 4.69) is 28.2 Å². The van der Waals surface area contributed by atoms with Crippen LogP contribution in [0.3, 0.4) is 0 Å². The Bertz CT molecular complexity index is 389. The second kappa shape index (κ2) is 6.37. The van der Waals surface area contributed by atoms with E-state index in [4.69, 9.17) is 0 Å². The molecule has 1 N–H and O–H groups in total. The molecule has 1 aliphatic rings. The summed E-state index contributed by atoms with van der Waals surface area (Å²) in [6.45, 7) is 2.80. The molecule has 1 saturated carbocycles. The summed E-state index contributed by atoms with van der Waals surface area (Å²) in [6, 6.07) is 10.0. The Morgan fingerprint density at radius 3 is 2.61 bits per heavy atom. The first-order valence-corrected chi connectivity index (χ1v) is 7.60. The average molecular weight is 310 g/mol. The maximum Gasteiger partial charge on any atom is 0.227 e. The number of alkyl halides is 1. The van der Waals surface area contributed by atoms with Crippen molar-refractivity contribution in [1.82, 2.24) is 5.32 Å². The average Bonchev–Trinajstić information content (AvgIpc) is 3.22. The topological polar surface area (TPSA) is 29.1 Å². The predicted octanol–water partition coefficient (Wildman–Crippen LogP) is 3.47. The Morgan fingerprint density at radius 1 is 1.39 bits per heavy atom. The summed E-state index contributed by atoms with van der Waals surface area (Å²) >= 11 is 3.65. The van der Waals surface area contributed by atoms with Crippen LogP contribution < -0.4 is 5.32 Å². The first-order valence-electron chi connectivity index (χ1n) is 6.69. The van der Waals surface area contributed by atoms with Crippen molar-refractivity contribution in [2.24, 2.45) is 5.92 Å².